The predicted octanol–water partition coefficient (Wildman–Crippen LogP) is 6.30. The average Bonchev–Trinajstić information content (AvgIpc) is 3.37. The van der Waals surface area contributed by atoms with Gasteiger partial charge in [-0.05, 0) is 72.9 Å². The number of furan rings is 1. The fraction of sp³-hybridized carbons (Fsp3) is 0.214. The molecule has 0 radical (unpaired) electrons. The third-order valence-corrected chi connectivity index (χ3v) is 7.23. The molecule has 37 heavy (non-hydrogen) atoms. The second kappa shape index (κ2) is 10.6. The Balaban J connectivity index is 1.16. The Morgan fingerprint density at radius 2 is 1.78 bits per heavy atom. The van der Waals surface area contributed by atoms with Crippen LogP contribution in [-0.2, 0) is 11.2 Å². The number of fused-ring (bicyclic) bond motifs is 1. The Hall–Kier alpha value is -3.98. The largest absolute Gasteiger partial charge is 0.464 e. The normalized spacial score (nSPS) is 14.0. The topological polar surface area (TPSA) is 106 Å². The third-order valence-electron chi connectivity index (χ3n) is 6.74. The van der Waals surface area contributed by atoms with Crippen LogP contribution >= 0.6 is 15.9 Å². The minimum absolute atomic E-state index is 0.0327. The molecule has 2 amide bonds. The molecule has 1 N–H and O–H groups in total. The average molecular weight is 562 g/mol. The molecule has 0 spiro atoms. The van der Waals surface area contributed by atoms with Crippen molar-refractivity contribution in [3.05, 3.63) is 104 Å². The van der Waals surface area contributed by atoms with Gasteiger partial charge in [-0.15, -0.1) is 0 Å². The lowest BCUT2D eigenvalue weighted by molar-refractivity contribution is -0.385. The van der Waals surface area contributed by atoms with Crippen molar-refractivity contribution >= 4 is 50.1 Å². The number of anilines is 1. The Morgan fingerprint density at radius 3 is 2.51 bits per heavy atom. The molecule has 2 heterocycles. The van der Waals surface area contributed by atoms with Crippen molar-refractivity contribution in [3.63, 3.8) is 0 Å². The summed E-state index contributed by atoms with van der Waals surface area (Å²) in [5.74, 6) is 0.0362. The van der Waals surface area contributed by atoms with Gasteiger partial charge in [0.2, 0.25) is 5.91 Å². The number of nitrogens with zero attached hydrogens (tertiary/aromatic N) is 2. The lowest BCUT2D eigenvalue weighted by Gasteiger charge is -2.32. The number of halogens is 1. The van der Waals surface area contributed by atoms with Crippen molar-refractivity contribution in [2.45, 2.75) is 25.2 Å². The summed E-state index contributed by atoms with van der Waals surface area (Å²) >= 11 is 3.30. The van der Waals surface area contributed by atoms with Crippen LogP contribution in [-0.4, -0.2) is 34.7 Å². The van der Waals surface area contributed by atoms with E-state index in [1.807, 2.05) is 53.4 Å². The smallest absolute Gasteiger partial charge is 0.273 e. The van der Waals surface area contributed by atoms with Gasteiger partial charge in [-0.25, -0.2) is 0 Å². The van der Waals surface area contributed by atoms with Crippen molar-refractivity contribution in [1.82, 2.24) is 4.90 Å². The molecule has 9 heteroatoms. The molecule has 1 fully saturated rings. The molecule has 0 atom stereocenters. The molecule has 1 aliphatic heterocycles. The summed E-state index contributed by atoms with van der Waals surface area (Å²) < 4.78 is 6.04. The molecule has 0 aliphatic carbocycles. The number of nitro benzene ring substituents is 1. The molecular formula is C28H24BrN3O5. The zero-order chi connectivity index (χ0) is 25.9. The second-order valence-corrected chi connectivity index (χ2v) is 10.0. The Morgan fingerprint density at radius 1 is 1.03 bits per heavy atom. The first-order valence-electron chi connectivity index (χ1n) is 12.0. The van der Waals surface area contributed by atoms with E-state index >= 15 is 0 Å². The van der Waals surface area contributed by atoms with Gasteiger partial charge < -0.3 is 14.6 Å². The number of hydrogen-bond acceptors (Lipinski definition) is 5. The number of nitrogens with one attached hydrogen (secondary N) is 1. The minimum Gasteiger partial charge on any atom is -0.464 e. The van der Waals surface area contributed by atoms with E-state index in [2.05, 4.69) is 21.2 Å². The van der Waals surface area contributed by atoms with Crippen LogP contribution in [0, 0.1) is 10.1 Å². The minimum atomic E-state index is -0.485. The summed E-state index contributed by atoms with van der Waals surface area (Å²) in [4.78, 5) is 38.2. The molecular weight excluding hydrogens is 538 g/mol. The van der Waals surface area contributed by atoms with Gasteiger partial charge in [-0.1, -0.05) is 28.1 Å². The number of likely N-dealkylation sites (tertiary alicyclic amines) is 1. The van der Waals surface area contributed by atoms with Gasteiger partial charge in [0.15, 0.2) is 0 Å². The van der Waals surface area contributed by atoms with E-state index in [1.165, 1.54) is 6.07 Å². The van der Waals surface area contributed by atoms with Gasteiger partial charge in [0.05, 0.1) is 17.6 Å². The first kappa shape index (κ1) is 24.7. The molecule has 8 nitrogen and oxygen atoms in total. The van der Waals surface area contributed by atoms with E-state index in [0.29, 0.717) is 40.3 Å². The first-order chi connectivity index (χ1) is 17.9. The molecule has 5 rings (SSSR count). The van der Waals surface area contributed by atoms with Crippen molar-refractivity contribution in [2.24, 2.45) is 0 Å². The third kappa shape index (κ3) is 5.56. The van der Waals surface area contributed by atoms with Gasteiger partial charge in [0.25, 0.3) is 11.6 Å². The summed E-state index contributed by atoms with van der Waals surface area (Å²) in [7, 11) is 0. The number of benzene rings is 3. The number of amides is 2. The molecule has 1 aliphatic rings. The predicted molar refractivity (Wildman–Crippen MR) is 144 cm³/mol. The van der Waals surface area contributed by atoms with Crippen LogP contribution in [0.2, 0.25) is 0 Å². The SMILES string of the molecule is O=C(Cc1cc(Br)ccc1[N+](=O)[O-])Nc1ccc(C2CCN(C(=O)c3ccc4occc4c3)CC2)cc1. The summed E-state index contributed by atoms with van der Waals surface area (Å²) in [5.41, 5.74) is 3.49. The zero-order valence-electron chi connectivity index (χ0n) is 19.9. The van der Waals surface area contributed by atoms with Crippen LogP contribution in [0.4, 0.5) is 11.4 Å². The molecule has 3 aromatic carbocycles. The van der Waals surface area contributed by atoms with Gasteiger partial charge in [0.1, 0.15) is 5.58 Å². The Kier molecular flexibility index (Phi) is 7.05. The molecule has 0 saturated carbocycles. The zero-order valence-corrected chi connectivity index (χ0v) is 21.4. The Bertz CT molecular complexity index is 1470. The molecule has 0 bridgehead atoms. The monoisotopic (exact) mass is 561 g/mol. The molecule has 1 aromatic heterocycles. The van der Waals surface area contributed by atoms with Gasteiger partial charge in [0, 0.05) is 45.8 Å². The van der Waals surface area contributed by atoms with E-state index in [9.17, 15) is 19.7 Å². The fourth-order valence-electron chi connectivity index (χ4n) is 4.79. The van der Waals surface area contributed by atoms with Crippen LogP contribution in [0.25, 0.3) is 11.0 Å². The molecule has 188 valence electrons. The quantitative estimate of drug-likeness (QED) is 0.219. The Labute approximate surface area is 221 Å². The number of rotatable bonds is 6. The summed E-state index contributed by atoms with van der Waals surface area (Å²) in [6, 6.07) is 19.6. The number of piperidine rings is 1. The van der Waals surface area contributed by atoms with E-state index in [-0.39, 0.29) is 23.9 Å². The summed E-state index contributed by atoms with van der Waals surface area (Å²) in [5, 5.41) is 15.0. The van der Waals surface area contributed by atoms with Crippen molar-refractivity contribution in [2.75, 3.05) is 18.4 Å². The molecule has 4 aromatic rings. The highest BCUT2D eigenvalue weighted by Crippen LogP contribution is 2.30. The number of carbonyl (C=O) groups excluding carboxylic acids is 2. The van der Waals surface area contributed by atoms with Crippen molar-refractivity contribution in [3.8, 4) is 0 Å². The first-order valence-corrected chi connectivity index (χ1v) is 12.8. The van der Waals surface area contributed by atoms with Gasteiger partial charge in [-0.2, -0.15) is 0 Å². The van der Waals surface area contributed by atoms with E-state index in [0.717, 1.165) is 29.4 Å². The lowest BCUT2D eigenvalue weighted by atomic mass is 9.89. The van der Waals surface area contributed by atoms with Gasteiger partial charge >= 0.3 is 0 Å². The van der Waals surface area contributed by atoms with Gasteiger partial charge in [-0.3, -0.25) is 19.7 Å². The van der Waals surface area contributed by atoms with Crippen LogP contribution in [0.1, 0.15) is 40.2 Å². The summed E-state index contributed by atoms with van der Waals surface area (Å²) in [6.45, 7) is 1.35. The standard InChI is InChI=1S/C28H24BrN3O5/c29-23-4-7-25(32(35)36)22(16-23)17-27(33)30-24-5-1-18(2-6-24)19-9-12-31(13-10-19)28(34)21-3-8-26-20(15-21)11-14-37-26/h1-8,11,14-16,19H,9-10,12-13,17H2,(H,30,33). The van der Waals surface area contributed by atoms with Crippen molar-refractivity contribution < 1.29 is 18.9 Å². The van der Waals surface area contributed by atoms with E-state index in [1.54, 1.807) is 18.4 Å². The van der Waals surface area contributed by atoms with Crippen LogP contribution < -0.4 is 5.32 Å². The summed E-state index contributed by atoms with van der Waals surface area (Å²) in [6.07, 6.45) is 3.24. The van der Waals surface area contributed by atoms with Crippen LogP contribution in [0.15, 0.2) is 81.9 Å². The van der Waals surface area contributed by atoms with Crippen molar-refractivity contribution in [1.29, 1.82) is 0 Å². The van der Waals surface area contributed by atoms with E-state index in [4.69, 9.17) is 4.42 Å². The maximum atomic E-state index is 13.0. The highest BCUT2D eigenvalue weighted by Gasteiger charge is 2.25. The maximum absolute atomic E-state index is 13.0. The van der Waals surface area contributed by atoms with Crippen LogP contribution in [0.5, 0.6) is 0 Å². The lowest BCUT2D eigenvalue weighted by Crippen LogP contribution is -2.37. The number of hydrogen-bond donors (Lipinski definition) is 1. The second-order valence-electron chi connectivity index (χ2n) is 9.12. The maximum Gasteiger partial charge on any atom is 0.273 e. The molecule has 1 saturated heterocycles. The highest BCUT2D eigenvalue weighted by atomic mass is 79.9. The number of nitro groups is 1. The van der Waals surface area contributed by atoms with E-state index < -0.39 is 4.92 Å². The number of carbonyl (C=O) groups is 2. The molecule has 0 unspecified atom stereocenters. The fourth-order valence-corrected chi connectivity index (χ4v) is 5.20. The van der Waals surface area contributed by atoms with Crippen LogP contribution in [0.3, 0.4) is 0 Å². The highest BCUT2D eigenvalue weighted by molar-refractivity contribution is 9.10.